The van der Waals surface area contributed by atoms with Crippen LogP contribution in [-0.2, 0) is 0 Å². The van der Waals surface area contributed by atoms with Gasteiger partial charge in [-0.05, 0) is 18.2 Å². The molecule has 3 heteroatoms. The van der Waals surface area contributed by atoms with Crippen molar-refractivity contribution in [3.63, 3.8) is 0 Å². The first-order valence-electron chi connectivity index (χ1n) is 5.19. The van der Waals surface area contributed by atoms with Gasteiger partial charge < -0.3 is 4.90 Å². The summed E-state index contributed by atoms with van der Waals surface area (Å²) < 4.78 is 0. The van der Waals surface area contributed by atoms with Crippen LogP contribution < -0.4 is 4.90 Å². The molecule has 17 heavy (non-hydrogen) atoms. The number of para-hydroxylation sites is 2. The molecule has 0 N–H and O–H groups in total. The van der Waals surface area contributed by atoms with Gasteiger partial charge in [0.1, 0.15) is 0 Å². The van der Waals surface area contributed by atoms with Crippen molar-refractivity contribution >= 4 is 28.7 Å². The van der Waals surface area contributed by atoms with Crippen LogP contribution in [0.5, 0.6) is 0 Å². The summed E-state index contributed by atoms with van der Waals surface area (Å²) in [7, 11) is 1.93. The van der Waals surface area contributed by atoms with Gasteiger partial charge in [-0.25, -0.2) is 4.85 Å². The van der Waals surface area contributed by atoms with Crippen molar-refractivity contribution in [2.45, 2.75) is 0 Å². The molecular formula is C14H11ClN2. The van der Waals surface area contributed by atoms with E-state index in [1.165, 1.54) is 0 Å². The molecule has 0 saturated carbocycles. The summed E-state index contributed by atoms with van der Waals surface area (Å²) in [5.41, 5.74) is 2.33. The smallest absolute Gasteiger partial charge is 0.228 e. The molecule has 0 saturated heterocycles. The third-order valence-electron chi connectivity index (χ3n) is 2.58. The van der Waals surface area contributed by atoms with Gasteiger partial charge in [-0.1, -0.05) is 41.9 Å². The minimum absolute atomic E-state index is 0.486. The average molecular weight is 243 g/mol. The fourth-order valence-electron chi connectivity index (χ4n) is 1.68. The molecule has 0 aliphatic rings. The summed E-state index contributed by atoms with van der Waals surface area (Å²) in [5.74, 6) is 0. The van der Waals surface area contributed by atoms with Gasteiger partial charge in [0, 0.05) is 23.4 Å². The van der Waals surface area contributed by atoms with Crippen molar-refractivity contribution in [2.24, 2.45) is 0 Å². The largest absolute Gasteiger partial charge is 0.354 e. The maximum absolute atomic E-state index is 7.20. The Balaban J connectivity index is 2.49. The lowest BCUT2D eigenvalue weighted by Crippen LogP contribution is -2.09. The average Bonchev–Trinajstić information content (AvgIpc) is 2.38. The van der Waals surface area contributed by atoms with E-state index >= 15 is 0 Å². The van der Waals surface area contributed by atoms with Gasteiger partial charge in [0.05, 0.1) is 6.57 Å². The second-order valence-corrected chi connectivity index (χ2v) is 4.02. The van der Waals surface area contributed by atoms with Crippen LogP contribution in [0.15, 0.2) is 48.5 Å². The maximum Gasteiger partial charge on any atom is 0.228 e. The second kappa shape index (κ2) is 4.90. The zero-order valence-electron chi connectivity index (χ0n) is 9.39. The van der Waals surface area contributed by atoms with Gasteiger partial charge in [0.15, 0.2) is 0 Å². The molecule has 0 aliphatic carbocycles. The number of halogens is 1. The molecule has 0 fully saturated rings. The molecule has 0 atom stereocenters. The van der Waals surface area contributed by atoms with Crippen LogP contribution in [0.2, 0.25) is 5.02 Å². The van der Waals surface area contributed by atoms with Crippen molar-refractivity contribution in [3.8, 4) is 0 Å². The molecule has 0 spiro atoms. The van der Waals surface area contributed by atoms with Crippen molar-refractivity contribution in [2.75, 3.05) is 11.9 Å². The Morgan fingerprint density at radius 3 is 2.41 bits per heavy atom. The van der Waals surface area contributed by atoms with Crippen molar-refractivity contribution in [1.82, 2.24) is 0 Å². The van der Waals surface area contributed by atoms with Crippen molar-refractivity contribution in [3.05, 3.63) is 65.0 Å². The SMILES string of the molecule is [C-]#[N+]c1c(Cl)cccc1N(C)c1ccccc1. The lowest BCUT2D eigenvalue weighted by Gasteiger charge is -2.21. The predicted molar refractivity (Wildman–Crippen MR) is 72.2 cm³/mol. The zero-order chi connectivity index (χ0) is 12.3. The summed E-state index contributed by atoms with van der Waals surface area (Å²) >= 11 is 6.02. The van der Waals surface area contributed by atoms with E-state index in [2.05, 4.69) is 4.85 Å². The summed E-state index contributed by atoms with van der Waals surface area (Å²) in [6.07, 6.45) is 0. The predicted octanol–water partition coefficient (Wildman–Crippen LogP) is 4.66. The molecule has 2 nitrogen and oxygen atoms in total. The van der Waals surface area contributed by atoms with E-state index in [0.717, 1.165) is 11.4 Å². The van der Waals surface area contributed by atoms with Crippen LogP contribution in [0.1, 0.15) is 0 Å². The Morgan fingerprint density at radius 1 is 1.06 bits per heavy atom. The Bertz CT molecular complexity index is 558. The van der Waals surface area contributed by atoms with Gasteiger partial charge >= 0.3 is 0 Å². The third-order valence-corrected chi connectivity index (χ3v) is 2.89. The van der Waals surface area contributed by atoms with Gasteiger partial charge in [-0.3, -0.25) is 0 Å². The zero-order valence-corrected chi connectivity index (χ0v) is 10.1. The summed E-state index contributed by atoms with van der Waals surface area (Å²) in [6.45, 7) is 7.20. The van der Waals surface area contributed by atoms with E-state index in [1.807, 2.05) is 54.4 Å². The molecule has 0 radical (unpaired) electrons. The fraction of sp³-hybridized carbons (Fsp3) is 0.0714. The van der Waals surface area contributed by atoms with Gasteiger partial charge in [-0.2, -0.15) is 0 Å². The van der Waals surface area contributed by atoms with E-state index in [1.54, 1.807) is 6.07 Å². The molecule has 0 amide bonds. The van der Waals surface area contributed by atoms with E-state index < -0.39 is 0 Å². The molecular weight excluding hydrogens is 232 g/mol. The van der Waals surface area contributed by atoms with Crippen LogP contribution in [0.4, 0.5) is 17.1 Å². The lowest BCUT2D eigenvalue weighted by atomic mass is 10.2. The molecule has 0 aromatic heterocycles. The van der Waals surface area contributed by atoms with Crippen LogP contribution in [0, 0.1) is 6.57 Å². The van der Waals surface area contributed by atoms with Crippen molar-refractivity contribution < 1.29 is 0 Å². The van der Waals surface area contributed by atoms with Crippen LogP contribution in [0.25, 0.3) is 4.85 Å². The quantitative estimate of drug-likeness (QED) is 0.695. The molecule has 84 valence electrons. The molecule has 0 unspecified atom stereocenters. The highest BCUT2D eigenvalue weighted by Gasteiger charge is 2.11. The van der Waals surface area contributed by atoms with Crippen LogP contribution >= 0.6 is 11.6 Å². The van der Waals surface area contributed by atoms with E-state index in [0.29, 0.717) is 10.7 Å². The first-order chi connectivity index (χ1) is 8.24. The number of hydrogen-bond donors (Lipinski definition) is 0. The first-order valence-corrected chi connectivity index (χ1v) is 5.56. The Hall–Kier alpha value is -1.98. The minimum Gasteiger partial charge on any atom is -0.354 e. The molecule has 0 bridgehead atoms. The highest BCUT2D eigenvalue weighted by atomic mass is 35.5. The van der Waals surface area contributed by atoms with E-state index in [4.69, 9.17) is 18.2 Å². The number of rotatable bonds is 2. The third kappa shape index (κ3) is 2.25. The Morgan fingerprint density at radius 2 is 1.76 bits per heavy atom. The van der Waals surface area contributed by atoms with Gasteiger partial charge in [0.2, 0.25) is 5.69 Å². The Labute approximate surface area is 106 Å². The molecule has 2 rings (SSSR count). The van der Waals surface area contributed by atoms with E-state index in [9.17, 15) is 0 Å². The van der Waals surface area contributed by atoms with Gasteiger partial charge in [-0.15, -0.1) is 0 Å². The number of benzene rings is 2. The van der Waals surface area contributed by atoms with Gasteiger partial charge in [0.25, 0.3) is 0 Å². The topological polar surface area (TPSA) is 7.60 Å². The second-order valence-electron chi connectivity index (χ2n) is 3.61. The summed E-state index contributed by atoms with van der Waals surface area (Å²) in [4.78, 5) is 5.45. The monoisotopic (exact) mass is 242 g/mol. The summed E-state index contributed by atoms with van der Waals surface area (Å²) in [5, 5.41) is 0.486. The highest BCUT2D eigenvalue weighted by Crippen LogP contribution is 2.37. The standard InChI is InChI=1S/C14H11ClN2/c1-16-14-12(15)9-6-10-13(14)17(2)11-7-4-3-5-8-11/h3-10H,2H3. The summed E-state index contributed by atoms with van der Waals surface area (Å²) in [6, 6.07) is 15.4. The van der Waals surface area contributed by atoms with Crippen molar-refractivity contribution in [1.29, 1.82) is 0 Å². The number of anilines is 2. The van der Waals surface area contributed by atoms with Crippen LogP contribution in [-0.4, -0.2) is 7.05 Å². The lowest BCUT2D eigenvalue weighted by molar-refractivity contribution is 1.21. The maximum atomic E-state index is 7.20. The normalized spacial score (nSPS) is 9.71. The number of nitrogens with zero attached hydrogens (tertiary/aromatic N) is 2. The first kappa shape index (κ1) is 11.5. The highest BCUT2D eigenvalue weighted by molar-refractivity contribution is 6.34. The molecule has 2 aromatic carbocycles. The minimum atomic E-state index is 0.486. The Kier molecular flexibility index (Phi) is 3.32. The van der Waals surface area contributed by atoms with Crippen LogP contribution in [0.3, 0.4) is 0 Å². The fourth-order valence-corrected chi connectivity index (χ4v) is 1.89. The number of hydrogen-bond acceptors (Lipinski definition) is 1. The molecule has 0 aliphatic heterocycles. The van der Waals surface area contributed by atoms with E-state index in [-0.39, 0.29) is 0 Å². The molecule has 2 aromatic rings. The molecule has 0 heterocycles.